The maximum Gasteiger partial charge on any atom is 0.0998 e. The lowest BCUT2D eigenvalue weighted by Gasteiger charge is -2.21. The highest BCUT2D eigenvalue weighted by atomic mass is 32.1. The van der Waals surface area contributed by atoms with Crippen LogP contribution in [0.15, 0.2) is 29.8 Å². The molecule has 2 rings (SSSR count). The van der Waals surface area contributed by atoms with Crippen LogP contribution in [-0.4, -0.2) is 16.5 Å². The van der Waals surface area contributed by atoms with Crippen LogP contribution in [0, 0.1) is 5.41 Å². The van der Waals surface area contributed by atoms with E-state index in [0.717, 1.165) is 29.2 Å². The third-order valence-corrected chi connectivity index (χ3v) is 3.96. The molecule has 0 aromatic carbocycles. The zero-order valence-electron chi connectivity index (χ0n) is 10.9. The van der Waals surface area contributed by atoms with Gasteiger partial charge in [0.2, 0.25) is 0 Å². The fourth-order valence-electron chi connectivity index (χ4n) is 1.61. The number of aromatic nitrogens is 2. The van der Waals surface area contributed by atoms with Crippen molar-refractivity contribution < 1.29 is 0 Å². The quantitative estimate of drug-likeness (QED) is 0.899. The molecule has 0 aliphatic carbocycles. The van der Waals surface area contributed by atoms with Gasteiger partial charge < -0.3 is 5.73 Å². The first-order valence-corrected chi connectivity index (χ1v) is 7.04. The van der Waals surface area contributed by atoms with Crippen LogP contribution in [0.25, 0.3) is 11.4 Å². The molecule has 0 fully saturated rings. The van der Waals surface area contributed by atoms with Crippen molar-refractivity contribution in [1.29, 1.82) is 0 Å². The Morgan fingerprint density at radius 1 is 1.28 bits per heavy atom. The zero-order chi connectivity index (χ0) is 13.0. The Balaban J connectivity index is 2.03. The first kappa shape index (κ1) is 13.2. The van der Waals surface area contributed by atoms with Crippen LogP contribution in [0.4, 0.5) is 0 Å². The van der Waals surface area contributed by atoms with Crippen LogP contribution in [0.3, 0.4) is 0 Å². The largest absolute Gasteiger partial charge is 0.330 e. The highest BCUT2D eigenvalue weighted by Gasteiger charge is 2.16. The van der Waals surface area contributed by atoms with E-state index in [1.54, 1.807) is 17.5 Å². The second-order valence-corrected chi connectivity index (χ2v) is 6.15. The van der Waals surface area contributed by atoms with Crippen LogP contribution in [0.2, 0.25) is 0 Å². The maximum atomic E-state index is 5.74. The van der Waals surface area contributed by atoms with Gasteiger partial charge in [-0.3, -0.25) is 4.98 Å². The van der Waals surface area contributed by atoms with Crippen molar-refractivity contribution in [3.63, 3.8) is 0 Å². The summed E-state index contributed by atoms with van der Waals surface area (Å²) in [6.45, 7) is 5.10. The Morgan fingerprint density at radius 3 is 2.78 bits per heavy atom. The van der Waals surface area contributed by atoms with E-state index >= 15 is 0 Å². The van der Waals surface area contributed by atoms with Gasteiger partial charge in [0.15, 0.2) is 0 Å². The average Bonchev–Trinajstić information content (AvgIpc) is 2.86. The molecular formula is C14H19N3S. The molecule has 0 spiro atoms. The van der Waals surface area contributed by atoms with Crippen molar-refractivity contribution in [1.82, 2.24) is 9.97 Å². The normalized spacial score (nSPS) is 11.7. The Labute approximate surface area is 112 Å². The van der Waals surface area contributed by atoms with Gasteiger partial charge in [-0.2, -0.15) is 0 Å². The van der Waals surface area contributed by atoms with E-state index < -0.39 is 0 Å². The first-order valence-electron chi connectivity index (χ1n) is 6.17. The molecular weight excluding hydrogens is 242 g/mol. The standard InChI is InChI=1S/C14H19N3S/c1-14(2,10-15)7-6-13-17-12(9-18-13)11-5-3-4-8-16-11/h3-5,8-9H,6-7,10,15H2,1-2H3. The highest BCUT2D eigenvalue weighted by molar-refractivity contribution is 7.09. The van der Waals surface area contributed by atoms with E-state index in [1.165, 1.54) is 0 Å². The third-order valence-electron chi connectivity index (χ3n) is 3.05. The molecule has 3 nitrogen and oxygen atoms in total. The lowest BCUT2D eigenvalue weighted by molar-refractivity contribution is 0.348. The number of aryl methyl sites for hydroxylation is 1. The maximum absolute atomic E-state index is 5.74. The minimum atomic E-state index is 0.191. The van der Waals surface area contributed by atoms with Gasteiger partial charge in [-0.15, -0.1) is 11.3 Å². The number of hydrogen-bond donors (Lipinski definition) is 1. The molecule has 0 bridgehead atoms. The van der Waals surface area contributed by atoms with Crippen molar-refractivity contribution in [2.45, 2.75) is 26.7 Å². The molecule has 0 amide bonds. The predicted molar refractivity (Wildman–Crippen MR) is 76.5 cm³/mol. The summed E-state index contributed by atoms with van der Waals surface area (Å²) >= 11 is 1.70. The molecule has 2 heterocycles. The van der Waals surface area contributed by atoms with E-state index in [4.69, 9.17) is 5.73 Å². The lowest BCUT2D eigenvalue weighted by atomic mass is 9.88. The van der Waals surface area contributed by atoms with E-state index in [2.05, 4.69) is 29.2 Å². The van der Waals surface area contributed by atoms with Crippen LogP contribution in [0.1, 0.15) is 25.3 Å². The van der Waals surface area contributed by atoms with Crippen LogP contribution in [-0.2, 0) is 6.42 Å². The smallest absolute Gasteiger partial charge is 0.0998 e. The third kappa shape index (κ3) is 3.37. The summed E-state index contributed by atoms with van der Waals surface area (Å²) in [5.74, 6) is 0. The van der Waals surface area contributed by atoms with Crippen molar-refractivity contribution >= 4 is 11.3 Å². The minimum Gasteiger partial charge on any atom is -0.330 e. The summed E-state index contributed by atoms with van der Waals surface area (Å²) in [7, 11) is 0. The molecule has 2 aromatic heterocycles. The van der Waals surface area contributed by atoms with Gasteiger partial charge in [0.25, 0.3) is 0 Å². The number of thiazole rings is 1. The van der Waals surface area contributed by atoms with Crippen molar-refractivity contribution in [2.75, 3.05) is 6.54 Å². The summed E-state index contributed by atoms with van der Waals surface area (Å²) in [5, 5.41) is 3.24. The van der Waals surface area contributed by atoms with E-state index in [-0.39, 0.29) is 5.41 Å². The fraction of sp³-hybridized carbons (Fsp3) is 0.429. The van der Waals surface area contributed by atoms with Gasteiger partial charge in [0.1, 0.15) is 0 Å². The van der Waals surface area contributed by atoms with Crippen LogP contribution in [0.5, 0.6) is 0 Å². The fourth-order valence-corrected chi connectivity index (χ4v) is 2.40. The minimum absolute atomic E-state index is 0.191. The first-order chi connectivity index (χ1) is 8.61. The number of nitrogens with zero attached hydrogens (tertiary/aromatic N) is 2. The molecule has 2 aromatic rings. The Hall–Kier alpha value is -1.26. The number of rotatable bonds is 5. The molecule has 0 aliphatic rings. The summed E-state index contributed by atoms with van der Waals surface area (Å²) in [6.07, 6.45) is 3.85. The van der Waals surface area contributed by atoms with Gasteiger partial charge in [0.05, 0.1) is 16.4 Å². The van der Waals surface area contributed by atoms with Gasteiger partial charge in [-0.1, -0.05) is 19.9 Å². The number of pyridine rings is 1. The second kappa shape index (κ2) is 5.59. The monoisotopic (exact) mass is 261 g/mol. The number of hydrogen-bond acceptors (Lipinski definition) is 4. The summed E-state index contributed by atoms with van der Waals surface area (Å²) in [4.78, 5) is 8.94. The summed E-state index contributed by atoms with van der Waals surface area (Å²) < 4.78 is 0. The molecule has 4 heteroatoms. The SMILES string of the molecule is CC(C)(CN)CCc1nc(-c2ccccn2)cs1. The zero-order valence-corrected chi connectivity index (χ0v) is 11.7. The molecule has 0 saturated carbocycles. The van der Waals surface area contributed by atoms with Gasteiger partial charge in [-0.05, 0) is 36.9 Å². The van der Waals surface area contributed by atoms with E-state index in [0.29, 0.717) is 6.54 Å². The lowest BCUT2D eigenvalue weighted by Crippen LogP contribution is -2.23. The Morgan fingerprint density at radius 2 is 2.11 bits per heavy atom. The molecule has 0 aliphatic heterocycles. The summed E-state index contributed by atoms with van der Waals surface area (Å²) in [6, 6.07) is 5.89. The summed E-state index contributed by atoms with van der Waals surface area (Å²) in [5.41, 5.74) is 7.85. The van der Waals surface area contributed by atoms with Crippen molar-refractivity contribution in [3.8, 4) is 11.4 Å². The number of nitrogens with two attached hydrogens (primary N) is 1. The molecule has 0 saturated heterocycles. The Bertz CT molecular complexity index is 491. The molecule has 18 heavy (non-hydrogen) atoms. The molecule has 2 N–H and O–H groups in total. The van der Waals surface area contributed by atoms with Crippen LogP contribution >= 0.6 is 11.3 Å². The van der Waals surface area contributed by atoms with Crippen LogP contribution < -0.4 is 5.73 Å². The topological polar surface area (TPSA) is 51.8 Å². The molecule has 0 radical (unpaired) electrons. The van der Waals surface area contributed by atoms with Gasteiger partial charge in [0, 0.05) is 11.6 Å². The molecule has 96 valence electrons. The second-order valence-electron chi connectivity index (χ2n) is 5.21. The highest BCUT2D eigenvalue weighted by Crippen LogP contribution is 2.25. The molecule has 0 unspecified atom stereocenters. The van der Waals surface area contributed by atoms with Gasteiger partial charge in [-0.25, -0.2) is 4.98 Å². The van der Waals surface area contributed by atoms with E-state index in [9.17, 15) is 0 Å². The Kier molecular flexibility index (Phi) is 4.09. The van der Waals surface area contributed by atoms with E-state index in [1.807, 2.05) is 18.2 Å². The predicted octanol–water partition coefficient (Wildman–Crippen LogP) is 3.12. The van der Waals surface area contributed by atoms with Gasteiger partial charge >= 0.3 is 0 Å². The van der Waals surface area contributed by atoms with Crippen molar-refractivity contribution in [2.24, 2.45) is 11.1 Å². The van der Waals surface area contributed by atoms with Crippen molar-refractivity contribution in [3.05, 3.63) is 34.8 Å². The molecule has 0 atom stereocenters. The average molecular weight is 261 g/mol.